The Kier molecular flexibility index (Phi) is 4.32. The molecule has 0 radical (unpaired) electrons. The molecule has 0 spiro atoms. The Hall–Kier alpha value is -4.66. The van der Waals surface area contributed by atoms with Crippen LogP contribution in [0.2, 0.25) is 0 Å². The summed E-state index contributed by atoms with van der Waals surface area (Å²) in [5.41, 5.74) is 5.93. The summed E-state index contributed by atoms with van der Waals surface area (Å²) in [5.74, 6) is 0.584. The molecule has 0 aliphatic heterocycles. The van der Waals surface area contributed by atoms with Gasteiger partial charge in [-0.05, 0) is 35.9 Å². The molecule has 160 valence electrons. The lowest BCUT2D eigenvalue weighted by atomic mass is 10.1. The number of aromatic amines is 2. The summed E-state index contributed by atoms with van der Waals surface area (Å²) in [7, 11) is 1.50. The molecule has 6 aromatic rings. The first-order chi connectivity index (χ1) is 16.2. The van der Waals surface area contributed by atoms with E-state index >= 15 is 0 Å². The van der Waals surface area contributed by atoms with Crippen molar-refractivity contribution in [1.82, 2.24) is 35.1 Å². The highest BCUT2D eigenvalue weighted by Gasteiger charge is 2.17. The Morgan fingerprint density at radius 3 is 2.61 bits per heavy atom. The maximum absolute atomic E-state index is 14.1. The van der Waals surface area contributed by atoms with E-state index in [-0.39, 0.29) is 0 Å². The molecule has 0 amide bonds. The Bertz CT molecular complexity index is 1620. The van der Waals surface area contributed by atoms with Crippen molar-refractivity contribution in [3.63, 3.8) is 0 Å². The minimum absolute atomic E-state index is 0.408. The van der Waals surface area contributed by atoms with E-state index in [9.17, 15) is 4.39 Å². The second-order valence-electron chi connectivity index (χ2n) is 7.48. The predicted molar refractivity (Wildman–Crippen MR) is 122 cm³/mol. The van der Waals surface area contributed by atoms with Gasteiger partial charge in [0, 0.05) is 41.2 Å². The van der Waals surface area contributed by atoms with E-state index in [1.165, 1.54) is 25.6 Å². The van der Waals surface area contributed by atoms with Crippen molar-refractivity contribution in [2.45, 2.75) is 0 Å². The zero-order valence-corrected chi connectivity index (χ0v) is 17.4. The number of hydrogen-bond donors (Lipinski definition) is 2. The summed E-state index contributed by atoms with van der Waals surface area (Å²) >= 11 is 0. The third-order valence-electron chi connectivity index (χ3n) is 5.46. The minimum atomic E-state index is -0.408. The van der Waals surface area contributed by atoms with Crippen molar-refractivity contribution >= 4 is 21.9 Å². The number of hydrogen-bond acceptors (Lipinski definition) is 6. The molecule has 0 atom stereocenters. The smallest absolute Gasteiger partial charge is 0.159 e. The molecule has 33 heavy (non-hydrogen) atoms. The van der Waals surface area contributed by atoms with Crippen molar-refractivity contribution in [3.05, 3.63) is 73.2 Å². The monoisotopic (exact) mass is 437 g/mol. The number of halogens is 1. The standard InChI is InChI=1S/C24H16FN7O/c1-33-17-7-14(6-16(25)9-17)21-23-20(4-5-28-21)29-24(30-23)22-18-8-13(2-3-19(18)31-32-22)15-10-26-12-27-11-15/h2-12H,1H3,(H,29,30)(H,31,32). The van der Waals surface area contributed by atoms with Gasteiger partial charge in [-0.1, -0.05) is 6.07 Å². The van der Waals surface area contributed by atoms with E-state index in [1.807, 2.05) is 24.3 Å². The summed E-state index contributed by atoms with van der Waals surface area (Å²) in [4.78, 5) is 20.8. The van der Waals surface area contributed by atoms with E-state index in [1.54, 1.807) is 24.7 Å². The van der Waals surface area contributed by atoms with Crippen LogP contribution in [0.25, 0.3) is 55.8 Å². The normalized spacial score (nSPS) is 11.3. The second kappa shape index (κ2) is 7.49. The summed E-state index contributed by atoms with van der Waals surface area (Å²) in [5, 5.41) is 8.44. The molecule has 0 saturated carbocycles. The lowest BCUT2D eigenvalue weighted by molar-refractivity contribution is 0.411. The van der Waals surface area contributed by atoms with Crippen LogP contribution in [0.4, 0.5) is 4.39 Å². The molecule has 8 nitrogen and oxygen atoms in total. The number of benzene rings is 2. The highest BCUT2D eigenvalue weighted by molar-refractivity contribution is 5.97. The van der Waals surface area contributed by atoms with Crippen LogP contribution < -0.4 is 4.74 Å². The number of aromatic nitrogens is 7. The fourth-order valence-electron chi connectivity index (χ4n) is 3.90. The maximum Gasteiger partial charge on any atom is 0.159 e. The van der Waals surface area contributed by atoms with Crippen LogP contribution in [0.3, 0.4) is 0 Å². The summed E-state index contributed by atoms with van der Waals surface area (Å²) in [6.07, 6.45) is 6.69. The van der Waals surface area contributed by atoms with Crippen molar-refractivity contribution in [2.75, 3.05) is 7.11 Å². The van der Waals surface area contributed by atoms with Gasteiger partial charge >= 0.3 is 0 Å². The number of rotatable bonds is 4. The molecule has 0 unspecified atom stereocenters. The third kappa shape index (κ3) is 3.26. The molecular weight excluding hydrogens is 421 g/mol. The number of fused-ring (bicyclic) bond motifs is 2. The first-order valence-electron chi connectivity index (χ1n) is 10.1. The van der Waals surface area contributed by atoms with Crippen molar-refractivity contribution in [2.24, 2.45) is 0 Å². The van der Waals surface area contributed by atoms with Crippen LogP contribution in [-0.2, 0) is 0 Å². The second-order valence-corrected chi connectivity index (χ2v) is 7.48. The lowest BCUT2D eigenvalue weighted by Crippen LogP contribution is -1.90. The van der Waals surface area contributed by atoms with Gasteiger partial charge in [0.1, 0.15) is 29.1 Å². The number of imidazole rings is 1. The van der Waals surface area contributed by atoms with E-state index in [2.05, 4.69) is 30.1 Å². The number of pyridine rings is 1. The van der Waals surface area contributed by atoms with Gasteiger partial charge in [-0.25, -0.2) is 19.3 Å². The van der Waals surface area contributed by atoms with Crippen LogP contribution in [0, 0.1) is 5.82 Å². The minimum Gasteiger partial charge on any atom is -0.497 e. The Morgan fingerprint density at radius 2 is 1.76 bits per heavy atom. The largest absolute Gasteiger partial charge is 0.497 e. The van der Waals surface area contributed by atoms with Gasteiger partial charge in [-0.3, -0.25) is 10.1 Å². The Balaban J connectivity index is 1.50. The van der Waals surface area contributed by atoms with Gasteiger partial charge in [0.05, 0.1) is 23.8 Å². The third-order valence-corrected chi connectivity index (χ3v) is 5.46. The predicted octanol–water partition coefficient (Wildman–Crippen LogP) is 4.77. The van der Waals surface area contributed by atoms with Gasteiger partial charge in [-0.15, -0.1) is 0 Å². The van der Waals surface area contributed by atoms with Gasteiger partial charge in [0.2, 0.25) is 0 Å². The SMILES string of the molecule is COc1cc(F)cc(-c2nccc3[nH]c(-c4n[nH]c5ccc(-c6cncnc6)cc45)nc23)c1. The number of nitrogens with zero attached hydrogens (tertiary/aromatic N) is 5. The number of methoxy groups -OCH3 is 1. The Morgan fingerprint density at radius 1 is 0.879 bits per heavy atom. The number of ether oxygens (including phenoxy) is 1. The van der Waals surface area contributed by atoms with Crippen LogP contribution in [-0.4, -0.2) is 42.2 Å². The fourth-order valence-corrected chi connectivity index (χ4v) is 3.90. The van der Waals surface area contributed by atoms with Crippen molar-refractivity contribution in [1.29, 1.82) is 0 Å². The topological polar surface area (TPSA) is 105 Å². The zero-order valence-electron chi connectivity index (χ0n) is 17.4. The summed E-state index contributed by atoms with van der Waals surface area (Å²) in [6.45, 7) is 0. The molecule has 0 aliphatic carbocycles. The Labute approximate surface area is 186 Å². The lowest BCUT2D eigenvalue weighted by Gasteiger charge is -2.05. The molecule has 4 heterocycles. The van der Waals surface area contributed by atoms with Crippen LogP contribution in [0.15, 0.2) is 67.4 Å². The van der Waals surface area contributed by atoms with Crippen LogP contribution in [0.1, 0.15) is 0 Å². The first-order valence-corrected chi connectivity index (χ1v) is 10.1. The highest BCUT2D eigenvalue weighted by Crippen LogP contribution is 2.33. The van der Waals surface area contributed by atoms with Gasteiger partial charge < -0.3 is 9.72 Å². The van der Waals surface area contributed by atoms with Gasteiger partial charge in [0.15, 0.2) is 5.82 Å². The molecule has 9 heteroatoms. The quantitative estimate of drug-likeness (QED) is 0.411. The van der Waals surface area contributed by atoms with Crippen molar-refractivity contribution in [3.8, 4) is 39.7 Å². The molecule has 0 aliphatic rings. The summed E-state index contributed by atoms with van der Waals surface area (Å²) < 4.78 is 19.3. The molecule has 0 bridgehead atoms. The average molecular weight is 437 g/mol. The average Bonchev–Trinajstić information content (AvgIpc) is 3.47. The molecule has 4 aromatic heterocycles. The first kappa shape index (κ1) is 19.1. The fraction of sp³-hybridized carbons (Fsp3) is 0.0417. The molecule has 0 fully saturated rings. The van der Waals surface area contributed by atoms with E-state index < -0.39 is 5.82 Å². The molecule has 0 saturated heterocycles. The van der Waals surface area contributed by atoms with Crippen molar-refractivity contribution < 1.29 is 9.13 Å². The summed E-state index contributed by atoms with van der Waals surface area (Å²) in [6, 6.07) is 12.3. The molecule has 2 aromatic carbocycles. The van der Waals surface area contributed by atoms with Crippen LogP contribution >= 0.6 is 0 Å². The van der Waals surface area contributed by atoms with Gasteiger partial charge in [-0.2, -0.15) is 5.10 Å². The maximum atomic E-state index is 14.1. The molecule has 6 rings (SSSR count). The molecule has 2 N–H and O–H groups in total. The van der Waals surface area contributed by atoms with Gasteiger partial charge in [0.25, 0.3) is 0 Å². The number of H-pyrrole nitrogens is 2. The van der Waals surface area contributed by atoms with E-state index in [4.69, 9.17) is 9.72 Å². The zero-order chi connectivity index (χ0) is 22.4. The van der Waals surface area contributed by atoms with Crippen LogP contribution in [0.5, 0.6) is 5.75 Å². The number of nitrogens with one attached hydrogen (secondary N) is 2. The molecular formula is C24H16FN7O. The van der Waals surface area contributed by atoms with E-state index in [0.29, 0.717) is 34.0 Å². The van der Waals surface area contributed by atoms with E-state index in [0.717, 1.165) is 27.5 Å². The highest BCUT2D eigenvalue weighted by atomic mass is 19.1.